The number of methoxy groups -OCH3 is 1. The first-order valence-corrected chi connectivity index (χ1v) is 12.2. The smallest absolute Gasteiger partial charge is 0.223 e. The Kier molecular flexibility index (Phi) is 6.79. The summed E-state index contributed by atoms with van der Waals surface area (Å²) in [6.45, 7) is 5.40. The van der Waals surface area contributed by atoms with Crippen LogP contribution in [0.2, 0.25) is 0 Å². The summed E-state index contributed by atoms with van der Waals surface area (Å²) in [4.78, 5) is 23.0. The Morgan fingerprint density at radius 3 is 2.60 bits per heavy atom. The predicted molar refractivity (Wildman–Crippen MR) is 126 cm³/mol. The number of para-hydroxylation sites is 1. The number of aromatic nitrogens is 1. The third-order valence-corrected chi connectivity index (χ3v) is 7.51. The van der Waals surface area contributed by atoms with Crippen molar-refractivity contribution < 1.29 is 9.53 Å². The lowest BCUT2D eigenvalue weighted by molar-refractivity contribution is -0.131. The number of carbonyl (C=O) groups is 1. The summed E-state index contributed by atoms with van der Waals surface area (Å²) in [6, 6.07) is 14.4. The van der Waals surface area contributed by atoms with E-state index < -0.39 is 0 Å². The number of piperazine rings is 1. The molecule has 7 heteroatoms. The van der Waals surface area contributed by atoms with E-state index in [1.165, 1.54) is 10.3 Å². The number of hydrogen-bond donors (Lipinski definition) is 0. The molecule has 1 aliphatic heterocycles. The highest BCUT2D eigenvalue weighted by Crippen LogP contribution is 2.31. The molecule has 1 aromatic heterocycles. The van der Waals surface area contributed by atoms with Crippen LogP contribution in [0.3, 0.4) is 0 Å². The van der Waals surface area contributed by atoms with E-state index in [0.717, 1.165) is 59.6 Å². The quantitative estimate of drug-likeness (QED) is 0.498. The van der Waals surface area contributed by atoms with Gasteiger partial charge in [-0.1, -0.05) is 30.4 Å². The van der Waals surface area contributed by atoms with E-state index in [9.17, 15) is 4.79 Å². The summed E-state index contributed by atoms with van der Waals surface area (Å²) in [7, 11) is 1.67. The van der Waals surface area contributed by atoms with E-state index in [4.69, 9.17) is 9.72 Å². The van der Waals surface area contributed by atoms with Crippen LogP contribution in [0.4, 0.5) is 5.13 Å². The number of fused-ring (bicyclic) bond motifs is 1. The van der Waals surface area contributed by atoms with Crippen molar-refractivity contribution in [1.29, 1.82) is 0 Å². The van der Waals surface area contributed by atoms with Crippen LogP contribution in [0, 0.1) is 0 Å². The molecule has 1 fully saturated rings. The van der Waals surface area contributed by atoms with Gasteiger partial charge in [-0.05, 0) is 42.3 Å². The van der Waals surface area contributed by atoms with Crippen LogP contribution >= 0.6 is 23.1 Å². The molecule has 2 aromatic carbocycles. The highest BCUT2D eigenvalue weighted by atomic mass is 32.2. The molecule has 0 N–H and O–H groups in total. The maximum atomic E-state index is 12.6. The second kappa shape index (κ2) is 9.71. The fraction of sp³-hybridized carbons (Fsp3) is 0.391. The van der Waals surface area contributed by atoms with E-state index >= 15 is 0 Å². The Morgan fingerprint density at radius 1 is 1.13 bits per heavy atom. The highest BCUT2D eigenvalue weighted by Gasteiger charge is 2.23. The minimum absolute atomic E-state index is 0.244. The summed E-state index contributed by atoms with van der Waals surface area (Å²) >= 11 is 3.47. The molecule has 0 aliphatic carbocycles. The number of thiazole rings is 1. The van der Waals surface area contributed by atoms with Crippen LogP contribution in [-0.4, -0.2) is 54.8 Å². The van der Waals surface area contributed by atoms with E-state index in [1.54, 1.807) is 30.2 Å². The van der Waals surface area contributed by atoms with Crippen molar-refractivity contribution in [1.82, 2.24) is 9.88 Å². The van der Waals surface area contributed by atoms with Gasteiger partial charge in [-0.3, -0.25) is 4.79 Å². The number of anilines is 1. The molecule has 0 unspecified atom stereocenters. The zero-order chi connectivity index (χ0) is 20.9. The van der Waals surface area contributed by atoms with E-state index in [2.05, 4.69) is 30.0 Å². The molecule has 0 bridgehead atoms. The third kappa shape index (κ3) is 4.73. The number of nitrogens with zero attached hydrogens (tertiary/aromatic N) is 3. The first-order valence-electron chi connectivity index (χ1n) is 10.4. The summed E-state index contributed by atoms with van der Waals surface area (Å²) in [6.07, 6.45) is 1.56. The zero-order valence-electron chi connectivity index (χ0n) is 17.5. The van der Waals surface area contributed by atoms with Gasteiger partial charge in [0, 0.05) is 43.2 Å². The maximum Gasteiger partial charge on any atom is 0.223 e. The van der Waals surface area contributed by atoms with Gasteiger partial charge in [0.2, 0.25) is 5.91 Å². The number of ether oxygens (including phenoxy) is 1. The van der Waals surface area contributed by atoms with Crippen LogP contribution in [-0.2, 0) is 11.2 Å². The molecule has 1 saturated heterocycles. The van der Waals surface area contributed by atoms with Crippen molar-refractivity contribution in [2.45, 2.75) is 24.7 Å². The Balaban J connectivity index is 1.27. The minimum Gasteiger partial charge on any atom is -0.497 e. The van der Waals surface area contributed by atoms with Gasteiger partial charge in [0.25, 0.3) is 0 Å². The van der Waals surface area contributed by atoms with Gasteiger partial charge in [-0.15, -0.1) is 11.8 Å². The molecule has 158 valence electrons. The first kappa shape index (κ1) is 21.0. The molecular weight excluding hydrogens is 414 g/mol. The van der Waals surface area contributed by atoms with E-state index in [0.29, 0.717) is 6.42 Å². The highest BCUT2D eigenvalue weighted by molar-refractivity contribution is 7.99. The fourth-order valence-corrected chi connectivity index (χ4v) is 5.55. The number of carbonyl (C=O) groups excluding carboxylic acids is 1. The molecule has 1 amide bonds. The molecule has 4 rings (SSSR count). The molecule has 0 atom stereocenters. The largest absolute Gasteiger partial charge is 0.497 e. The molecule has 3 aromatic rings. The van der Waals surface area contributed by atoms with Crippen molar-refractivity contribution in [3.63, 3.8) is 0 Å². The second-order valence-electron chi connectivity index (χ2n) is 7.26. The first-order chi connectivity index (χ1) is 14.7. The predicted octanol–water partition coefficient (Wildman–Crippen LogP) is 4.70. The van der Waals surface area contributed by atoms with Gasteiger partial charge < -0.3 is 14.5 Å². The Morgan fingerprint density at radius 2 is 1.90 bits per heavy atom. The topological polar surface area (TPSA) is 45.7 Å². The van der Waals surface area contributed by atoms with Crippen molar-refractivity contribution >= 4 is 44.4 Å². The molecule has 0 radical (unpaired) electrons. The zero-order valence-corrected chi connectivity index (χ0v) is 19.1. The molecule has 30 heavy (non-hydrogen) atoms. The minimum atomic E-state index is 0.244. The van der Waals surface area contributed by atoms with Crippen molar-refractivity contribution in [2.75, 3.05) is 43.9 Å². The number of aryl methyl sites for hydroxylation is 1. The summed E-state index contributed by atoms with van der Waals surface area (Å²) in [5.41, 5.74) is 2.44. The average Bonchev–Trinajstić information content (AvgIpc) is 3.24. The van der Waals surface area contributed by atoms with Gasteiger partial charge in [0.1, 0.15) is 5.75 Å². The third-order valence-electron chi connectivity index (χ3n) is 5.42. The number of amides is 1. The lowest BCUT2D eigenvalue weighted by Gasteiger charge is -2.34. The number of hydrogen-bond acceptors (Lipinski definition) is 6. The van der Waals surface area contributed by atoms with Crippen molar-refractivity contribution in [2.24, 2.45) is 0 Å². The SMILES string of the molecule is CCc1cccc2sc(N3CCN(C(=O)CCSc4ccc(OC)cc4)CC3)nc12. The summed E-state index contributed by atoms with van der Waals surface area (Å²) < 4.78 is 6.43. The molecular formula is C23H27N3O2S2. The van der Waals surface area contributed by atoms with E-state index in [1.807, 2.05) is 29.2 Å². The maximum absolute atomic E-state index is 12.6. The Hall–Kier alpha value is -2.25. The number of rotatable bonds is 7. The molecule has 2 heterocycles. The van der Waals surface area contributed by atoms with Crippen LogP contribution in [0.15, 0.2) is 47.4 Å². The number of benzene rings is 2. The van der Waals surface area contributed by atoms with Crippen LogP contribution < -0.4 is 9.64 Å². The lowest BCUT2D eigenvalue weighted by Crippen LogP contribution is -2.48. The standard InChI is InChI=1S/C23H27N3O2S2/c1-3-17-5-4-6-20-22(17)24-23(30-20)26-14-12-25(13-15-26)21(27)11-16-29-19-9-7-18(28-2)8-10-19/h4-10H,3,11-16H2,1-2H3. The normalized spacial score (nSPS) is 14.3. The molecule has 0 saturated carbocycles. The lowest BCUT2D eigenvalue weighted by atomic mass is 10.1. The van der Waals surface area contributed by atoms with Gasteiger partial charge in [0.05, 0.1) is 17.3 Å². The molecule has 5 nitrogen and oxygen atoms in total. The Labute approximate surface area is 186 Å². The van der Waals surface area contributed by atoms with Crippen LogP contribution in [0.5, 0.6) is 5.75 Å². The number of thioether (sulfide) groups is 1. The molecule has 1 aliphatic rings. The van der Waals surface area contributed by atoms with Gasteiger partial charge in [-0.2, -0.15) is 0 Å². The van der Waals surface area contributed by atoms with Crippen LogP contribution in [0.25, 0.3) is 10.2 Å². The summed E-state index contributed by atoms with van der Waals surface area (Å²) in [5.74, 6) is 1.89. The fourth-order valence-electron chi connectivity index (χ4n) is 3.65. The van der Waals surface area contributed by atoms with E-state index in [-0.39, 0.29) is 5.91 Å². The van der Waals surface area contributed by atoms with Crippen LogP contribution in [0.1, 0.15) is 18.9 Å². The van der Waals surface area contributed by atoms with Gasteiger partial charge in [0.15, 0.2) is 5.13 Å². The monoisotopic (exact) mass is 441 g/mol. The average molecular weight is 442 g/mol. The summed E-state index contributed by atoms with van der Waals surface area (Å²) in [5, 5.41) is 1.08. The van der Waals surface area contributed by atoms with Crippen molar-refractivity contribution in [3.05, 3.63) is 48.0 Å². The molecule has 0 spiro atoms. The Bertz CT molecular complexity index is 995. The van der Waals surface area contributed by atoms with Gasteiger partial charge >= 0.3 is 0 Å². The van der Waals surface area contributed by atoms with Gasteiger partial charge in [-0.25, -0.2) is 4.98 Å². The van der Waals surface area contributed by atoms with Crippen molar-refractivity contribution in [3.8, 4) is 5.75 Å². The second-order valence-corrected chi connectivity index (χ2v) is 9.43.